The van der Waals surface area contributed by atoms with E-state index in [0.717, 1.165) is 11.1 Å². The minimum atomic E-state index is -2.10. The summed E-state index contributed by atoms with van der Waals surface area (Å²) in [4.78, 5) is 11.3. The van der Waals surface area contributed by atoms with E-state index in [4.69, 9.17) is 68.0 Å². The molecule has 2 heterocycles. The Hall–Kier alpha value is -2.36. The molecule has 0 spiro atoms. The molecule has 3 aromatic rings. The molecule has 57 heavy (non-hydrogen) atoms. The first-order chi connectivity index (χ1) is 27.3. The third-order valence-electron chi connectivity index (χ3n) is 9.59. The van der Waals surface area contributed by atoms with E-state index in [2.05, 4.69) is 0 Å². The molecule has 2 fully saturated rings. The van der Waals surface area contributed by atoms with Gasteiger partial charge in [-0.2, -0.15) is 0 Å². The van der Waals surface area contributed by atoms with Crippen LogP contribution < -0.4 is 0 Å². The van der Waals surface area contributed by atoms with Gasteiger partial charge in [0.2, 0.25) is 0 Å². The molecule has 7 N–H and O–H groups in total. The number of benzene rings is 3. The number of aliphatic hydroxyl groups is 7. The van der Waals surface area contributed by atoms with Gasteiger partial charge in [-0.1, -0.05) is 71.2 Å². The Morgan fingerprint density at radius 3 is 1.60 bits per heavy atom. The fourth-order valence-corrected chi connectivity index (χ4v) is 6.77. The maximum Gasteiger partial charge on any atom is 0.187 e. The maximum absolute atomic E-state index is 11.4. The van der Waals surface area contributed by atoms with Crippen LogP contribution >= 0.6 is 34.8 Å². The van der Waals surface area contributed by atoms with Crippen LogP contribution in [0.4, 0.5) is 0 Å². The van der Waals surface area contributed by atoms with E-state index in [1.807, 2.05) is 12.1 Å². The van der Waals surface area contributed by atoms with Gasteiger partial charge in [0.25, 0.3) is 0 Å². The van der Waals surface area contributed by atoms with Crippen LogP contribution in [0.1, 0.15) is 23.6 Å². The van der Waals surface area contributed by atoms with Crippen LogP contribution in [0, 0.1) is 0 Å². The molecule has 0 aromatic heterocycles. The maximum atomic E-state index is 11.4. The molecule has 15 nitrogen and oxygen atoms in total. The van der Waals surface area contributed by atoms with Crippen LogP contribution in [0.2, 0.25) is 15.1 Å². The lowest BCUT2D eigenvalue weighted by atomic mass is 9.96. The number of rotatable bonds is 19. The van der Waals surface area contributed by atoms with Crippen molar-refractivity contribution >= 4 is 41.1 Å². The van der Waals surface area contributed by atoms with Crippen molar-refractivity contribution in [2.75, 3.05) is 13.2 Å². The van der Waals surface area contributed by atoms with E-state index in [1.165, 1.54) is 0 Å². The van der Waals surface area contributed by atoms with Gasteiger partial charge in [0.05, 0.1) is 39.1 Å². The Labute approximate surface area is 344 Å². The average Bonchev–Trinajstić information content (AvgIpc) is 3.21. The summed E-state index contributed by atoms with van der Waals surface area (Å²) in [5.41, 5.74) is 2.27. The van der Waals surface area contributed by atoms with Crippen LogP contribution in [-0.4, -0.2) is 141 Å². The molecule has 0 saturated carbocycles. The number of halogens is 3. The standard InChI is InChI=1S/C39H47Cl3O15/c1-20-33(51-17-21-2-8-24(40)9-3-21)36(52-18-22-4-10-25(41)11-5-22)37(53-19-23-6-12-26(42)13-7-23)39(54-20)57-35-32(50)31(49)29(16-45)55-38(35)56-34(28(47)15-44)30(48)27(46)14-43/h2-14,20,27-39,44-50H,15-19H2,1H3/t20-,27-,28+,29+,30+,31-,32-,33+,34+,35+,36+,37-,38-,39-/m0/s1. The highest BCUT2D eigenvalue weighted by molar-refractivity contribution is 6.31. The molecule has 0 amide bonds. The molecular formula is C39H47Cl3O15. The van der Waals surface area contributed by atoms with Crippen molar-refractivity contribution in [2.45, 2.75) is 113 Å². The molecule has 2 aliphatic heterocycles. The molecule has 0 bridgehead atoms. The van der Waals surface area contributed by atoms with Gasteiger partial charge < -0.3 is 73.7 Å². The molecule has 2 aliphatic rings. The fourth-order valence-electron chi connectivity index (χ4n) is 6.40. The molecule has 18 heteroatoms. The van der Waals surface area contributed by atoms with Crippen molar-refractivity contribution in [2.24, 2.45) is 0 Å². The van der Waals surface area contributed by atoms with Gasteiger partial charge >= 0.3 is 0 Å². The molecule has 314 valence electrons. The van der Waals surface area contributed by atoms with E-state index in [1.54, 1.807) is 67.6 Å². The number of carbonyl (C=O) groups is 1. The van der Waals surface area contributed by atoms with Gasteiger partial charge in [0, 0.05) is 15.1 Å². The van der Waals surface area contributed by atoms with E-state index in [9.17, 15) is 40.5 Å². The van der Waals surface area contributed by atoms with Crippen molar-refractivity contribution in [1.82, 2.24) is 0 Å². The Bertz CT molecular complexity index is 1660. The molecule has 0 unspecified atom stereocenters. The van der Waals surface area contributed by atoms with Crippen molar-refractivity contribution in [3.63, 3.8) is 0 Å². The largest absolute Gasteiger partial charge is 0.394 e. The second-order valence-corrected chi connectivity index (χ2v) is 15.0. The summed E-state index contributed by atoms with van der Waals surface area (Å²) in [5, 5.41) is 75.0. The van der Waals surface area contributed by atoms with E-state index >= 15 is 0 Å². The molecule has 5 rings (SSSR count). The topological polar surface area (TPSA) is 223 Å². The zero-order chi connectivity index (χ0) is 41.2. The zero-order valence-electron chi connectivity index (χ0n) is 30.7. The normalized spacial score (nSPS) is 30.0. The first kappa shape index (κ1) is 45.7. The van der Waals surface area contributed by atoms with Crippen molar-refractivity contribution in [1.29, 1.82) is 0 Å². The highest BCUT2D eigenvalue weighted by Crippen LogP contribution is 2.35. The molecule has 2 saturated heterocycles. The Morgan fingerprint density at radius 1 is 0.667 bits per heavy atom. The summed E-state index contributed by atoms with van der Waals surface area (Å²) in [6.07, 6.45) is -21.8. The Kier molecular flexibility index (Phi) is 17.5. The molecule has 3 aromatic carbocycles. The zero-order valence-corrected chi connectivity index (χ0v) is 32.9. The average molecular weight is 862 g/mol. The van der Waals surface area contributed by atoms with Gasteiger partial charge in [0.15, 0.2) is 18.9 Å². The number of hydrogen-bond donors (Lipinski definition) is 7. The fraction of sp³-hybridized carbons (Fsp3) is 0.513. The summed E-state index contributed by atoms with van der Waals surface area (Å²) in [6, 6.07) is 20.9. The Morgan fingerprint density at radius 2 is 1.14 bits per heavy atom. The van der Waals surface area contributed by atoms with Crippen LogP contribution in [0.15, 0.2) is 72.8 Å². The Balaban J connectivity index is 1.51. The number of aldehydes is 1. The summed E-state index contributed by atoms with van der Waals surface area (Å²) in [6.45, 7) is 0.0554. The lowest BCUT2D eigenvalue weighted by molar-refractivity contribution is -0.382. The van der Waals surface area contributed by atoms with Gasteiger partial charge in [0.1, 0.15) is 67.1 Å². The number of aliphatic hydroxyl groups excluding tert-OH is 7. The molecule has 0 radical (unpaired) electrons. The highest BCUT2D eigenvalue weighted by atomic mass is 35.5. The molecule has 14 atom stereocenters. The minimum absolute atomic E-state index is 0.00849. The monoisotopic (exact) mass is 860 g/mol. The summed E-state index contributed by atoms with van der Waals surface area (Å²) < 4.78 is 43.9. The van der Waals surface area contributed by atoms with Crippen LogP contribution in [0.5, 0.6) is 0 Å². The minimum Gasteiger partial charge on any atom is -0.394 e. The third kappa shape index (κ3) is 12.1. The number of carbonyl (C=O) groups excluding carboxylic acids is 1. The van der Waals surface area contributed by atoms with Crippen LogP contribution in [0.25, 0.3) is 0 Å². The van der Waals surface area contributed by atoms with E-state index in [-0.39, 0.29) is 26.1 Å². The quantitative estimate of drug-likeness (QED) is 0.0856. The SMILES string of the molecule is C[C@@H]1O[C@@H](O[C@H]2[C@H](O[C@@H]([C@H](O)[C@@H](O)C=O)[C@H](O)CO)O[C@H](CO)[C@H](O)[C@@H]2O)[C@@H](OCc2ccc(Cl)cc2)[C@H](OCc2ccc(Cl)cc2)[C@@H]1OCc1ccc(Cl)cc1. The van der Waals surface area contributed by atoms with Gasteiger partial charge in [-0.05, 0) is 60.0 Å². The van der Waals surface area contributed by atoms with Crippen LogP contribution in [-0.2, 0) is 57.8 Å². The van der Waals surface area contributed by atoms with Gasteiger partial charge in [-0.25, -0.2) is 0 Å². The smallest absolute Gasteiger partial charge is 0.187 e. The third-order valence-corrected chi connectivity index (χ3v) is 10.3. The summed E-state index contributed by atoms with van der Waals surface area (Å²) in [7, 11) is 0. The first-order valence-electron chi connectivity index (χ1n) is 18.1. The first-order valence-corrected chi connectivity index (χ1v) is 19.2. The van der Waals surface area contributed by atoms with Crippen LogP contribution in [0.3, 0.4) is 0 Å². The number of hydrogen-bond acceptors (Lipinski definition) is 15. The molecule has 0 aliphatic carbocycles. The van der Waals surface area contributed by atoms with Crippen molar-refractivity contribution < 1.29 is 73.7 Å². The van der Waals surface area contributed by atoms with Gasteiger partial charge in [-0.15, -0.1) is 0 Å². The second kappa shape index (κ2) is 21.8. The predicted octanol–water partition coefficient (Wildman–Crippen LogP) is 1.93. The van der Waals surface area contributed by atoms with Crippen molar-refractivity contribution in [3.05, 3.63) is 105 Å². The lowest BCUT2D eigenvalue weighted by Crippen LogP contribution is -2.66. The number of ether oxygens (including phenoxy) is 7. The summed E-state index contributed by atoms with van der Waals surface area (Å²) >= 11 is 18.4. The van der Waals surface area contributed by atoms with E-state index < -0.39 is 99.0 Å². The van der Waals surface area contributed by atoms with E-state index in [0.29, 0.717) is 20.6 Å². The van der Waals surface area contributed by atoms with Gasteiger partial charge in [-0.3, -0.25) is 0 Å². The predicted molar refractivity (Wildman–Crippen MR) is 203 cm³/mol. The van der Waals surface area contributed by atoms with Crippen molar-refractivity contribution in [3.8, 4) is 0 Å². The highest BCUT2D eigenvalue weighted by Gasteiger charge is 2.53. The summed E-state index contributed by atoms with van der Waals surface area (Å²) in [5.74, 6) is 0. The molecular weight excluding hydrogens is 815 g/mol. The lowest BCUT2D eigenvalue weighted by Gasteiger charge is -2.49. The second-order valence-electron chi connectivity index (χ2n) is 13.7.